The van der Waals surface area contributed by atoms with Gasteiger partial charge in [0.05, 0.1) is 18.0 Å². The predicted molar refractivity (Wildman–Crippen MR) is 111 cm³/mol. The fourth-order valence-electron chi connectivity index (χ4n) is 3.02. The predicted octanol–water partition coefficient (Wildman–Crippen LogP) is 1.45. The molecule has 1 N–H and O–H groups in total. The van der Waals surface area contributed by atoms with E-state index in [4.69, 9.17) is 14.2 Å². The van der Waals surface area contributed by atoms with Gasteiger partial charge in [-0.25, -0.2) is 8.42 Å². The standard InChI is InChI=1S/C21H26N2O6S/c1-27-12-10-22-21(24)16-23(11-9-17-5-3-2-4-6-17)30(25,26)18-7-8-19-20(15-18)29-14-13-28-19/h2-8,15H,9-14,16H2,1H3,(H,22,24). The molecule has 3 rings (SSSR count). The number of nitrogens with one attached hydrogen (secondary N) is 1. The number of benzene rings is 2. The first-order chi connectivity index (χ1) is 14.5. The molecule has 162 valence electrons. The van der Waals surface area contributed by atoms with Gasteiger partial charge in [-0.1, -0.05) is 30.3 Å². The Morgan fingerprint density at radius 3 is 2.57 bits per heavy atom. The maximum absolute atomic E-state index is 13.3. The second kappa shape index (κ2) is 10.4. The molecule has 0 atom stereocenters. The zero-order valence-electron chi connectivity index (χ0n) is 16.9. The van der Waals surface area contributed by atoms with Crippen LogP contribution in [-0.4, -0.2) is 65.2 Å². The smallest absolute Gasteiger partial charge is 0.243 e. The second-order valence-corrected chi connectivity index (χ2v) is 8.66. The molecule has 0 radical (unpaired) electrons. The maximum atomic E-state index is 13.3. The molecular formula is C21H26N2O6S. The monoisotopic (exact) mass is 434 g/mol. The van der Waals surface area contributed by atoms with E-state index in [0.717, 1.165) is 5.56 Å². The summed E-state index contributed by atoms with van der Waals surface area (Å²) in [4.78, 5) is 12.4. The molecule has 1 amide bonds. The Balaban J connectivity index is 1.80. The van der Waals surface area contributed by atoms with Crippen molar-refractivity contribution in [1.82, 2.24) is 9.62 Å². The van der Waals surface area contributed by atoms with Crippen molar-refractivity contribution in [3.63, 3.8) is 0 Å². The number of sulfonamides is 1. The van der Waals surface area contributed by atoms with Crippen LogP contribution >= 0.6 is 0 Å². The minimum atomic E-state index is -3.92. The van der Waals surface area contributed by atoms with Gasteiger partial charge in [0.25, 0.3) is 0 Å². The molecule has 0 spiro atoms. The van der Waals surface area contributed by atoms with Gasteiger partial charge in [0.2, 0.25) is 15.9 Å². The largest absolute Gasteiger partial charge is 0.486 e. The van der Waals surface area contributed by atoms with Gasteiger partial charge in [0, 0.05) is 26.3 Å². The highest BCUT2D eigenvalue weighted by atomic mass is 32.2. The lowest BCUT2D eigenvalue weighted by atomic mass is 10.1. The van der Waals surface area contributed by atoms with Crippen LogP contribution in [0.2, 0.25) is 0 Å². The van der Waals surface area contributed by atoms with E-state index in [9.17, 15) is 13.2 Å². The Hall–Kier alpha value is -2.62. The molecule has 0 saturated carbocycles. The number of hydrogen-bond donors (Lipinski definition) is 1. The minimum absolute atomic E-state index is 0.0597. The molecule has 2 aromatic rings. The summed E-state index contributed by atoms with van der Waals surface area (Å²) in [5.74, 6) is 0.504. The minimum Gasteiger partial charge on any atom is -0.486 e. The molecule has 1 heterocycles. The van der Waals surface area contributed by atoms with Crippen LogP contribution in [0.4, 0.5) is 0 Å². The van der Waals surface area contributed by atoms with Crippen molar-refractivity contribution in [3.05, 3.63) is 54.1 Å². The third-order valence-corrected chi connectivity index (χ3v) is 6.43. The van der Waals surface area contributed by atoms with E-state index >= 15 is 0 Å². The van der Waals surface area contributed by atoms with Crippen molar-refractivity contribution < 1.29 is 27.4 Å². The van der Waals surface area contributed by atoms with Gasteiger partial charge in [0.15, 0.2) is 11.5 Å². The summed E-state index contributed by atoms with van der Waals surface area (Å²) >= 11 is 0. The van der Waals surface area contributed by atoms with Crippen molar-refractivity contribution >= 4 is 15.9 Å². The highest BCUT2D eigenvalue weighted by molar-refractivity contribution is 7.89. The van der Waals surface area contributed by atoms with Crippen LogP contribution in [0.3, 0.4) is 0 Å². The van der Waals surface area contributed by atoms with E-state index in [2.05, 4.69) is 5.32 Å². The molecule has 0 unspecified atom stereocenters. The summed E-state index contributed by atoms with van der Waals surface area (Å²) in [5.41, 5.74) is 0.986. The molecule has 9 heteroatoms. The summed E-state index contributed by atoms with van der Waals surface area (Å²) in [6.45, 7) is 1.32. The van der Waals surface area contributed by atoms with E-state index in [0.29, 0.717) is 44.3 Å². The fraction of sp³-hybridized carbons (Fsp3) is 0.381. The van der Waals surface area contributed by atoms with Crippen molar-refractivity contribution in [2.24, 2.45) is 0 Å². The van der Waals surface area contributed by atoms with Gasteiger partial charge >= 0.3 is 0 Å². The fourth-order valence-corrected chi connectivity index (χ4v) is 4.44. The second-order valence-electron chi connectivity index (χ2n) is 6.72. The molecule has 1 aliphatic rings. The van der Waals surface area contributed by atoms with E-state index in [1.54, 1.807) is 6.07 Å². The number of carbonyl (C=O) groups excluding carboxylic acids is 1. The van der Waals surface area contributed by atoms with Crippen LogP contribution in [0, 0.1) is 0 Å². The first kappa shape index (κ1) is 22.1. The Morgan fingerprint density at radius 1 is 1.10 bits per heavy atom. The van der Waals surface area contributed by atoms with E-state index in [1.807, 2.05) is 30.3 Å². The van der Waals surface area contributed by atoms with Crippen molar-refractivity contribution in [2.45, 2.75) is 11.3 Å². The average molecular weight is 435 g/mol. The quantitative estimate of drug-likeness (QED) is 0.569. The van der Waals surface area contributed by atoms with Crippen LogP contribution in [0.25, 0.3) is 0 Å². The van der Waals surface area contributed by atoms with Crippen LogP contribution in [0.1, 0.15) is 5.56 Å². The van der Waals surface area contributed by atoms with Crippen LogP contribution < -0.4 is 14.8 Å². The number of amides is 1. The summed E-state index contributed by atoms with van der Waals surface area (Å²) in [5, 5.41) is 2.67. The van der Waals surface area contributed by atoms with Gasteiger partial charge in [-0.15, -0.1) is 0 Å². The van der Waals surface area contributed by atoms with Crippen LogP contribution in [-0.2, 0) is 26.0 Å². The molecule has 0 bridgehead atoms. The normalized spacial score (nSPS) is 13.3. The summed E-state index contributed by atoms with van der Waals surface area (Å²) < 4.78 is 43.7. The van der Waals surface area contributed by atoms with Gasteiger partial charge in [0.1, 0.15) is 13.2 Å². The van der Waals surface area contributed by atoms with Gasteiger partial charge < -0.3 is 19.5 Å². The Labute approximate surface area is 176 Å². The summed E-state index contributed by atoms with van der Waals surface area (Å²) in [6, 6.07) is 14.0. The average Bonchev–Trinajstić information content (AvgIpc) is 2.77. The SMILES string of the molecule is COCCNC(=O)CN(CCc1ccccc1)S(=O)(=O)c1ccc2c(c1)OCCO2. The highest BCUT2D eigenvalue weighted by Crippen LogP contribution is 2.33. The van der Waals surface area contributed by atoms with E-state index in [1.165, 1.54) is 23.5 Å². The molecule has 1 aliphatic heterocycles. The van der Waals surface area contributed by atoms with Gasteiger partial charge in [-0.05, 0) is 24.1 Å². The Bertz CT molecular complexity index is 949. The zero-order chi connectivity index (χ0) is 21.4. The molecule has 0 aliphatic carbocycles. The lowest BCUT2D eigenvalue weighted by Crippen LogP contribution is -2.42. The summed E-state index contributed by atoms with van der Waals surface area (Å²) in [6.07, 6.45) is 0.482. The number of nitrogens with zero attached hydrogens (tertiary/aromatic N) is 1. The highest BCUT2D eigenvalue weighted by Gasteiger charge is 2.28. The topological polar surface area (TPSA) is 94.2 Å². The first-order valence-electron chi connectivity index (χ1n) is 9.70. The third kappa shape index (κ3) is 5.71. The molecule has 0 fully saturated rings. The first-order valence-corrected chi connectivity index (χ1v) is 11.1. The third-order valence-electron chi connectivity index (χ3n) is 4.59. The molecular weight excluding hydrogens is 408 g/mol. The molecule has 8 nitrogen and oxygen atoms in total. The zero-order valence-corrected chi connectivity index (χ0v) is 17.7. The number of methoxy groups -OCH3 is 1. The molecule has 0 aromatic heterocycles. The molecule has 0 saturated heterocycles. The van der Waals surface area contributed by atoms with E-state index in [-0.39, 0.29) is 23.9 Å². The number of carbonyl (C=O) groups is 1. The number of hydrogen-bond acceptors (Lipinski definition) is 6. The molecule has 30 heavy (non-hydrogen) atoms. The number of rotatable bonds is 10. The van der Waals surface area contributed by atoms with Gasteiger partial charge in [-0.3, -0.25) is 4.79 Å². The van der Waals surface area contributed by atoms with E-state index < -0.39 is 10.0 Å². The van der Waals surface area contributed by atoms with Crippen molar-refractivity contribution in [2.75, 3.05) is 46.6 Å². The van der Waals surface area contributed by atoms with Crippen LogP contribution in [0.5, 0.6) is 11.5 Å². The summed E-state index contributed by atoms with van der Waals surface area (Å²) in [7, 11) is -2.39. The van der Waals surface area contributed by atoms with Gasteiger partial charge in [-0.2, -0.15) is 4.31 Å². The number of fused-ring (bicyclic) bond motifs is 1. The number of ether oxygens (including phenoxy) is 3. The maximum Gasteiger partial charge on any atom is 0.243 e. The Kier molecular flexibility index (Phi) is 7.67. The lowest BCUT2D eigenvalue weighted by molar-refractivity contribution is -0.121. The lowest BCUT2D eigenvalue weighted by Gasteiger charge is -2.23. The van der Waals surface area contributed by atoms with Crippen molar-refractivity contribution in [1.29, 1.82) is 0 Å². The van der Waals surface area contributed by atoms with Crippen molar-refractivity contribution in [3.8, 4) is 11.5 Å². The van der Waals surface area contributed by atoms with Crippen LogP contribution in [0.15, 0.2) is 53.4 Å². The molecule has 2 aromatic carbocycles. The Morgan fingerprint density at radius 2 is 1.83 bits per heavy atom.